The van der Waals surface area contributed by atoms with Crippen LogP contribution in [-0.2, 0) is 16.0 Å². The highest BCUT2D eigenvalue weighted by atomic mass is 16.5. The molecule has 0 amide bonds. The maximum absolute atomic E-state index is 11.0. The van der Waals surface area contributed by atoms with Crippen LogP contribution in [0.1, 0.15) is 22.8 Å². The summed E-state index contributed by atoms with van der Waals surface area (Å²) in [5, 5.41) is 0. The van der Waals surface area contributed by atoms with Gasteiger partial charge in [0.25, 0.3) is 0 Å². The van der Waals surface area contributed by atoms with Gasteiger partial charge in [-0.05, 0) is 18.9 Å². The highest BCUT2D eigenvalue weighted by Crippen LogP contribution is 2.03. The molecule has 84 valence electrons. The van der Waals surface area contributed by atoms with E-state index in [0.717, 1.165) is 11.8 Å². The summed E-state index contributed by atoms with van der Waals surface area (Å²) in [6.07, 6.45) is 4.61. The zero-order chi connectivity index (χ0) is 11.8. The molecule has 1 rings (SSSR count). The summed E-state index contributed by atoms with van der Waals surface area (Å²) in [6, 6.07) is 7.22. The molecule has 0 aliphatic heterocycles. The standard InChI is InChI=1S/C13H14O3/c1-2-16-13(15)5-3-4-11-6-8-12(10-14)9-7-11/h3,5-10H,2,4H2,1H3/b5-3+. The first-order valence-corrected chi connectivity index (χ1v) is 5.13. The lowest BCUT2D eigenvalue weighted by Gasteiger charge is -1.97. The van der Waals surface area contributed by atoms with E-state index >= 15 is 0 Å². The fourth-order valence-electron chi connectivity index (χ4n) is 1.21. The highest BCUT2D eigenvalue weighted by Gasteiger charge is 1.94. The molecule has 0 aromatic heterocycles. The Morgan fingerprint density at radius 3 is 2.56 bits per heavy atom. The summed E-state index contributed by atoms with van der Waals surface area (Å²) in [5.41, 5.74) is 1.70. The van der Waals surface area contributed by atoms with Crippen LogP contribution in [0.4, 0.5) is 0 Å². The van der Waals surface area contributed by atoms with Gasteiger partial charge in [-0.15, -0.1) is 0 Å². The quantitative estimate of drug-likeness (QED) is 0.432. The Morgan fingerprint density at radius 2 is 2.00 bits per heavy atom. The van der Waals surface area contributed by atoms with Crippen molar-refractivity contribution in [1.29, 1.82) is 0 Å². The molecule has 0 saturated carbocycles. The number of allylic oxidation sites excluding steroid dienone is 1. The molecule has 0 N–H and O–H groups in total. The average molecular weight is 218 g/mol. The van der Waals surface area contributed by atoms with Crippen molar-refractivity contribution in [2.24, 2.45) is 0 Å². The van der Waals surface area contributed by atoms with Gasteiger partial charge in [-0.3, -0.25) is 4.79 Å². The molecule has 16 heavy (non-hydrogen) atoms. The largest absolute Gasteiger partial charge is 0.463 e. The SMILES string of the molecule is CCOC(=O)/C=C/Cc1ccc(C=O)cc1. The zero-order valence-electron chi connectivity index (χ0n) is 9.18. The molecule has 0 unspecified atom stereocenters. The number of hydrogen-bond acceptors (Lipinski definition) is 3. The van der Waals surface area contributed by atoms with Crippen molar-refractivity contribution in [1.82, 2.24) is 0 Å². The lowest BCUT2D eigenvalue weighted by Crippen LogP contribution is -1.99. The molecule has 0 heterocycles. The van der Waals surface area contributed by atoms with Crippen molar-refractivity contribution in [3.05, 3.63) is 47.5 Å². The minimum absolute atomic E-state index is 0.327. The number of hydrogen-bond donors (Lipinski definition) is 0. The number of benzene rings is 1. The predicted molar refractivity (Wildman–Crippen MR) is 61.3 cm³/mol. The number of aldehydes is 1. The van der Waals surface area contributed by atoms with E-state index < -0.39 is 0 Å². The maximum atomic E-state index is 11.0. The molecule has 0 aliphatic rings. The zero-order valence-corrected chi connectivity index (χ0v) is 9.18. The molecule has 1 aromatic carbocycles. The molecular weight excluding hydrogens is 204 g/mol. The van der Waals surface area contributed by atoms with E-state index in [0.29, 0.717) is 18.6 Å². The monoisotopic (exact) mass is 218 g/mol. The van der Waals surface area contributed by atoms with Crippen LogP contribution in [0.15, 0.2) is 36.4 Å². The smallest absolute Gasteiger partial charge is 0.330 e. The lowest BCUT2D eigenvalue weighted by atomic mass is 10.1. The van der Waals surface area contributed by atoms with Crippen molar-refractivity contribution in [3.8, 4) is 0 Å². The van der Waals surface area contributed by atoms with Crippen molar-refractivity contribution < 1.29 is 14.3 Å². The van der Waals surface area contributed by atoms with Crippen LogP contribution in [-0.4, -0.2) is 18.9 Å². The number of carbonyl (C=O) groups excluding carboxylic acids is 2. The van der Waals surface area contributed by atoms with Crippen LogP contribution in [0.5, 0.6) is 0 Å². The van der Waals surface area contributed by atoms with E-state index in [-0.39, 0.29) is 5.97 Å². The third-order valence-electron chi connectivity index (χ3n) is 2.01. The van der Waals surface area contributed by atoms with Crippen molar-refractivity contribution >= 4 is 12.3 Å². The molecule has 0 atom stereocenters. The van der Waals surface area contributed by atoms with Gasteiger partial charge in [-0.2, -0.15) is 0 Å². The first-order valence-electron chi connectivity index (χ1n) is 5.13. The molecular formula is C13H14O3. The van der Waals surface area contributed by atoms with Gasteiger partial charge < -0.3 is 4.74 Å². The number of esters is 1. The first kappa shape index (κ1) is 12.2. The van der Waals surface area contributed by atoms with Crippen molar-refractivity contribution in [2.45, 2.75) is 13.3 Å². The van der Waals surface area contributed by atoms with E-state index in [1.54, 1.807) is 25.1 Å². The third kappa shape index (κ3) is 4.09. The Balaban J connectivity index is 2.48. The van der Waals surface area contributed by atoms with Gasteiger partial charge in [-0.25, -0.2) is 4.79 Å². The van der Waals surface area contributed by atoms with Crippen LogP contribution in [0.3, 0.4) is 0 Å². The first-order chi connectivity index (χ1) is 7.76. The second kappa shape index (κ2) is 6.56. The van der Waals surface area contributed by atoms with Gasteiger partial charge in [0.05, 0.1) is 6.61 Å². The van der Waals surface area contributed by atoms with Crippen molar-refractivity contribution in [3.63, 3.8) is 0 Å². The number of carbonyl (C=O) groups is 2. The fraction of sp³-hybridized carbons (Fsp3) is 0.231. The fourth-order valence-corrected chi connectivity index (χ4v) is 1.21. The maximum Gasteiger partial charge on any atom is 0.330 e. The Bertz CT molecular complexity index is 377. The Hall–Kier alpha value is -1.90. The molecule has 0 bridgehead atoms. The van der Waals surface area contributed by atoms with Crippen LogP contribution in [0, 0.1) is 0 Å². The molecule has 0 saturated heterocycles. The summed E-state index contributed by atoms with van der Waals surface area (Å²) in [6.45, 7) is 2.15. The van der Waals surface area contributed by atoms with Gasteiger partial charge in [0.2, 0.25) is 0 Å². The summed E-state index contributed by atoms with van der Waals surface area (Å²) < 4.78 is 4.74. The Kier molecular flexibility index (Phi) is 4.99. The topological polar surface area (TPSA) is 43.4 Å². The third-order valence-corrected chi connectivity index (χ3v) is 2.01. The summed E-state index contributed by atoms with van der Waals surface area (Å²) in [5.74, 6) is -0.327. The number of ether oxygens (including phenoxy) is 1. The predicted octanol–water partition coefficient (Wildman–Crippen LogP) is 2.16. The normalized spacial score (nSPS) is 10.3. The van der Waals surface area contributed by atoms with Crippen LogP contribution >= 0.6 is 0 Å². The Labute approximate surface area is 94.7 Å². The Morgan fingerprint density at radius 1 is 1.31 bits per heavy atom. The van der Waals surface area contributed by atoms with E-state index in [1.165, 1.54) is 6.08 Å². The molecule has 1 aromatic rings. The van der Waals surface area contributed by atoms with Crippen LogP contribution in [0.25, 0.3) is 0 Å². The second-order valence-corrected chi connectivity index (χ2v) is 3.22. The summed E-state index contributed by atoms with van der Waals surface area (Å²) >= 11 is 0. The molecule has 0 aliphatic carbocycles. The average Bonchev–Trinajstić information content (AvgIpc) is 2.30. The molecule has 3 nitrogen and oxygen atoms in total. The molecule has 0 spiro atoms. The van der Waals surface area contributed by atoms with E-state index in [9.17, 15) is 9.59 Å². The van der Waals surface area contributed by atoms with E-state index in [1.807, 2.05) is 12.1 Å². The minimum Gasteiger partial charge on any atom is -0.463 e. The second-order valence-electron chi connectivity index (χ2n) is 3.22. The molecule has 0 radical (unpaired) electrons. The number of rotatable bonds is 5. The van der Waals surface area contributed by atoms with Gasteiger partial charge in [-0.1, -0.05) is 30.3 Å². The summed E-state index contributed by atoms with van der Waals surface area (Å²) in [4.78, 5) is 21.4. The van der Waals surface area contributed by atoms with Crippen molar-refractivity contribution in [2.75, 3.05) is 6.61 Å². The summed E-state index contributed by atoms with van der Waals surface area (Å²) in [7, 11) is 0. The van der Waals surface area contributed by atoms with Gasteiger partial charge in [0, 0.05) is 11.6 Å². The van der Waals surface area contributed by atoms with Crippen LogP contribution < -0.4 is 0 Å². The molecule has 0 fully saturated rings. The van der Waals surface area contributed by atoms with Gasteiger partial charge in [0.1, 0.15) is 6.29 Å². The minimum atomic E-state index is -0.327. The van der Waals surface area contributed by atoms with Gasteiger partial charge in [0.15, 0.2) is 0 Å². The lowest BCUT2D eigenvalue weighted by molar-refractivity contribution is -0.137. The van der Waals surface area contributed by atoms with E-state index in [4.69, 9.17) is 4.74 Å². The van der Waals surface area contributed by atoms with E-state index in [2.05, 4.69) is 0 Å². The van der Waals surface area contributed by atoms with Crippen LogP contribution in [0.2, 0.25) is 0 Å². The highest BCUT2D eigenvalue weighted by molar-refractivity contribution is 5.81. The molecule has 3 heteroatoms. The van der Waals surface area contributed by atoms with Gasteiger partial charge >= 0.3 is 5.97 Å².